The van der Waals surface area contributed by atoms with Gasteiger partial charge < -0.3 is 9.84 Å². The van der Waals surface area contributed by atoms with Crippen LogP contribution in [0.4, 0.5) is 0 Å². The van der Waals surface area contributed by atoms with Gasteiger partial charge in [0.05, 0.1) is 13.2 Å². The van der Waals surface area contributed by atoms with Gasteiger partial charge in [-0.05, 0) is 96.4 Å². The Labute approximate surface area is 178 Å². The van der Waals surface area contributed by atoms with E-state index in [0.717, 1.165) is 35.6 Å². The summed E-state index contributed by atoms with van der Waals surface area (Å²) in [5, 5.41) is 12.1. The third-order valence-corrected chi connectivity index (χ3v) is 8.28. The molecule has 3 aliphatic rings. The van der Waals surface area contributed by atoms with E-state index >= 15 is 0 Å². The number of rotatable bonds is 2. The highest BCUT2D eigenvalue weighted by Crippen LogP contribution is 2.62. The predicted octanol–water partition coefficient (Wildman–Crippen LogP) is 6.26. The number of ether oxygens (including phenoxy) is 1. The fourth-order valence-electron chi connectivity index (χ4n) is 6.46. The van der Waals surface area contributed by atoms with E-state index in [1.54, 1.807) is 7.11 Å². The van der Waals surface area contributed by atoms with Crippen LogP contribution in [0.1, 0.15) is 55.2 Å². The summed E-state index contributed by atoms with van der Waals surface area (Å²) in [5.74, 6) is 2.78. The lowest BCUT2D eigenvalue weighted by atomic mass is 9.55. The number of methoxy groups -OCH3 is 1. The first-order valence-corrected chi connectivity index (χ1v) is 11.2. The molecule has 0 heterocycles. The Balaban J connectivity index is 1.46. The van der Waals surface area contributed by atoms with E-state index in [2.05, 4.69) is 31.2 Å². The highest BCUT2D eigenvalue weighted by Gasteiger charge is 2.56. The molecule has 29 heavy (non-hydrogen) atoms. The third kappa shape index (κ3) is 3.12. The summed E-state index contributed by atoms with van der Waals surface area (Å²) in [7, 11) is 1.74. The average Bonchev–Trinajstić information content (AvgIpc) is 2.99. The minimum absolute atomic E-state index is 0.0105. The number of benzene rings is 2. The molecule has 2 fully saturated rings. The minimum atomic E-state index is -0.346. The second kappa shape index (κ2) is 7.18. The van der Waals surface area contributed by atoms with Gasteiger partial charge >= 0.3 is 0 Å². The maximum Gasteiger partial charge on any atom is 0.119 e. The first-order chi connectivity index (χ1) is 14.0. The van der Waals surface area contributed by atoms with Crippen molar-refractivity contribution in [1.29, 1.82) is 0 Å². The molecular formula is C26H29ClO2. The molecule has 1 N–H and O–H groups in total. The molecule has 3 heteroatoms. The van der Waals surface area contributed by atoms with Crippen LogP contribution in [0, 0.1) is 17.3 Å². The van der Waals surface area contributed by atoms with Crippen molar-refractivity contribution in [2.45, 2.75) is 51.0 Å². The van der Waals surface area contributed by atoms with Crippen molar-refractivity contribution >= 4 is 17.7 Å². The van der Waals surface area contributed by atoms with Crippen molar-refractivity contribution < 1.29 is 9.84 Å². The minimum Gasteiger partial charge on any atom is -0.497 e. The van der Waals surface area contributed by atoms with Crippen LogP contribution < -0.4 is 4.74 Å². The van der Waals surface area contributed by atoms with E-state index in [0.29, 0.717) is 17.8 Å². The van der Waals surface area contributed by atoms with Crippen molar-refractivity contribution in [2.24, 2.45) is 17.3 Å². The lowest BCUT2D eigenvalue weighted by Gasteiger charge is -2.49. The zero-order chi connectivity index (χ0) is 20.2. The normalized spacial score (nSPS) is 34.4. The quantitative estimate of drug-likeness (QED) is 0.635. The summed E-state index contributed by atoms with van der Waals surface area (Å²) in [6.07, 6.45) is 7.44. The fraction of sp³-hybridized carbons (Fsp3) is 0.462. The van der Waals surface area contributed by atoms with E-state index in [1.165, 1.54) is 29.5 Å². The third-order valence-electron chi connectivity index (χ3n) is 8.02. The van der Waals surface area contributed by atoms with E-state index in [-0.39, 0.29) is 11.5 Å². The van der Waals surface area contributed by atoms with Crippen molar-refractivity contribution in [3.8, 4) is 5.75 Å². The van der Waals surface area contributed by atoms with Gasteiger partial charge in [0.15, 0.2) is 0 Å². The Morgan fingerprint density at radius 1 is 1.14 bits per heavy atom. The number of aliphatic hydroxyl groups is 1. The molecule has 5 atom stereocenters. The molecule has 2 nitrogen and oxygen atoms in total. The lowest BCUT2D eigenvalue weighted by Crippen LogP contribution is -2.44. The van der Waals surface area contributed by atoms with Gasteiger partial charge in [-0.15, -0.1) is 0 Å². The number of fused-ring (bicyclic) bond motifs is 5. The van der Waals surface area contributed by atoms with Crippen molar-refractivity contribution in [2.75, 3.05) is 7.11 Å². The Morgan fingerprint density at radius 3 is 2.69 bits per heavy atom. The van der Waals surface area contributed by atoms with Crippen LogP contribution in [0.2, 0.25) is 5.02 Å². The second-order valence-electron chi connectivity index (χ2n) is 9.40. The molecule has 2 aromatic carbocycles. The van der Waals surface area contributed by atoms with Gasteiger partial charge in [-0.1, -0.05) is 42.8 Å². The van der Waals surface area contributed by atoms with E-state index in [1.807, 2.05) is 24.3 Å². The molecule has 2 aromatic rings. The molecular weight excluding hydrogens is 380 g/mol. The Hall–Kier alpha value is -1.77. The summed E-state index contributed by atoms with van der Waals surface area (Å²) in [6.45, 7) is 2.32. The average molecular weight is 409 g/mol. The number of aryl methyl sites for hydroxylation is 1. The van der Waals surface area contributed by atoms with E-state index < -0.39 is 0 Å². The van der Waals surface area contributed by atoms with Crippen LogP contribution in [0.3, 0.4) is 0 Å². The SMILES string of the molecule is COc1ccc2c(c1)CC[C@@H]1[C@@H]2CC[C@]2(C)[C@H](O)/C(=C/c3ccc(Cl)cc3)C[C@H]12. The molecule has 0 saturated heterocycles. The standard InChI is InChI=1S/C26H29ClO2/c1-26-12-11-22-21-10-8-20(29-2)14-17(21)5-9-23(22)24(26)15-18(25(26)28)13-16-3-6-19(27)7-4-16/h3-4,6-8,10,13-14,22-25,28H,5,9,11-12,15H2,1-2H3/b18-13+/t22-,23-,24-,25-,26+/m1/s1. The van der Waals surface area contributed by atoms with Crippen molar-refractivity contribution in [3.05, 3.63) is 69.8 Å². The maximum atomic E-state index is 11.3. The van der Waals surface area contributed by atoms with Gasteiger partial charge in [-0.3, -0.25) is 0 Å². The van der Waals surface area contributed by atoms with Crippen LogP contribution in [0.15, 0.2) is 48.0 Å². The van der Waals surface area contributed by atoms with Crippen LogP contribution >= 0.6 is 11.6 Å². The number of hydrogen-bond donors (Lipinski definition) is 1. The van der Waals surface area contributed by atoms with Crippen molar-refractivity contribution in [3.63, 3.8) is 0 Å². The van der Waals surface area contributed by atoms with Gasteiger partial charge in [0.25, 0.3) is 0 Å². The Morgan fingerprint density at radius 2 is 1.93 bits per heavy atom. The Bertz CT molecular complexity index is 948. The monoisotopic (exact) mass is 408 g/mol. The molecule has 2 saturated carbocycles. The van der Waals surface area contributed by atoms with Gasteiger partial charge in [0.1, 0.15) is 5.75 Å². The summed E-state index contributed by atoms with van der Waals surface area (Å²) in [6, 6.07) is 14.6. The summed E-state index contributed by atoms with van der Waals surface area (Å²) >= 11 is 6.04. The van der Waals surface area contributed by atoms with E-state index in [9.17, 15) is 5.11 Å². The molecule has 152 valence electrons. The number of aliphatic hydroxyl groups excluding tert-OH is 1. The largest absolute Gasteiger partial charge is 0.497 e. The van der Waals surface area contributed by atoms with E-state index in [4.69, 9.17) is 16.3 Å². The van der Waals surface area contributed by atoms with Crippen LogP contribution in [0.5, 0.6) is 5.75 Å². The molecule has 5 rings (SSSR count). The predicted molar refractivity (Wildman–Crippen MR) is 118 cm³/mol. The first-order valence-electron chi connectivity index (χ1n) is 10.8. The molecule has 0 aliphatic heterocycles. The topological polar surface area (TPSA) is 29.5 Å². The van der Waals surface area contributed by atoms with Crippen LogP contribution in [0.25, 0.3) is 6.08 Å². The van der Waals surface area contributed by atoms with Gasteiger partial charge in [0, 0.05) is 10.4 Å². The molecule has 0 unspecified atom stereocenters. The number of hydrogen-bond acceptors (Lipinski definition) is 2. The molecule has 0 spiro atoms. The van der Waals surface area contributed by atoms with Crippen LogP contribution in [-0.2, 0) is 6.42 Å². The molecule has 0 amide bonds. The number of halogens is 1. The lowest BCUT2D eigenvalue weighted by molar-refractivity contribution is -0.0158. The molecule has 0 radical (unpaired) electrons. The summed E-state index contributed by atoms with van der Waals surface area (Å²) < 4.78 is 5.44. The smallest absolute Gasteiger partial charge is 0.119 e. The molecule has 3 aliphatic carbocycles. The maximum absolute atomic E-state index is 11.3. The summed E-state index contributed by atoms with van der Waals surface area (Å²) in [4.78, 5) is 0. The van der Waals surface area contributed by atoms with Crippen LogP contribution in [-0.4, -0.2) is 18.3 Å². The Kier molecular flexibility index (Phi) is 4.75. The second-order valence-corrected chi connectivity index (χ2v) is 9.84. The van der Waals surface area contributed by atoms with Gasteiger partial charge in [-0.2, -0.15) is 0 Å². The summed E-state index contributed by atoms with van der Waals surface area (Å²) in [5.41, 5.74) is 5.30. The highest BCUT2D eigenvalue weighted by molar-refractivity contribution is 6.30. The highest BCUT2D eigenvalue weighted by atomic mass is 35.5. The van der Waals surface area contributed by atoms with Gasteiger partial charge in [0.2, 0.25) is 0 Å². The molecule has 0 aromatic heterocycles. The zero-order valence-corrected chi connectivity index (χ0v) is 18.0. The molecule has 0 bridgehead atoms. The fourth-order valence-corrected chi connectivity index (χ4v) is 6.58. The first kappa shape index (κ1) is 19.2. The van der Waals surface area contributed by atoms with Crippen molar-refractivity contribution in [1.82, 2.24) is 0 Å². The van der Waals surface area contributed by atoms with Gasteiger partial charge in [-0.25, -0.2) is 0 Å². The zero-order valence-electron chi connectivity index (χ0n) is 17.2.